The Balaban J connectivity index is 3.14. The van der Waals surface area contributed by atoms with Gasteiger partial charge in [0.2, 0.25) is 5.91 Å². The summed E-state index contributed by atoms with van der Waals surface area (Å²) in [5.74, 6) is -2.83. The number of hydrogen-bond donors (Lipinski definition) is 4. The van der Waals surface area contributed by atoms with Crippen LogP contribution in [0.5, 0.6) is 0 Å². The van der Waals surface area contributed by atoms with Gasteiger partial charge in [0.05, 0.1) is 12.0 Å². The molecule has 4 atom stereocenters. The summed E-state index contributed by atoms with van der Waals surface area (Å²) in [5.41, 5.74) is -1.98. The van der Waals surface area contributed by atoms with Gasteiger partial charge in [0.25, 0.3) is 0 Å². The maximum absolute atomic E-state index is 11.2. The van der Waals surface area contributed by atoms with Crippen LogP contribution < -0.4 is 5.32 Å². The lowest BCUT2D eigenvalue weighted by Gasteiger charge is -2.30. The Morgan fingerprint density at radius 1 is 1.64 bits per heavy atom. The highest BCUT2D eigenvalue weighted by molar-refractivity contribution is 5.94. The fourth-order valence-corrected chi connectivity index (χ4v) is 1.64. The number of carboxylic acid groups (broad SMARTS) is 1. The van der Waals surface area contributed by atoms with E-state index in [4.69, 9.17) is 5.11 Å². The Morgan fingerprint density at radius 2 is 2.14 bits per heavy atom. The zero-order valence-electron chi connectivity index (χ0n) is 7.89. The molecular weight excluding hydrogens is 190 g/mol. The molecule has 0 bridgehead atoms. The Labute approximate surface area is 80.5 Å². The topological polar surface area (TPSA) is 107 Å². The average Bonchev–Trinajstić information content (AvgIpc) is 2.30. The highest BCUT2D eigenvalue weighted by Crippen LogP contribution is 2.29. The minimum Gasteiger partial charge on any atom is -0.479 e. The van der Waals surface area contributed by atoms with Gasteiger partial charge in [0.15, 0.2) is 5.54 Å². The highest BCUT2D eigenvalue weighted by Gasteiger charge is 2.59. The summed E-state index contributed by atoms with van der Waals surface area (Å²) in [6, 6.07) is 0. The van der Waals surface area contributed by atoms with Crippen molar-refractivity contribution in [1.82, 2.24) is 5.32 Å². The molecule has 6 nitrogen and oxygen atoms in total. The normalized spacial score (nSPS) is 39.3. The summed E-state index contributed by atoms with van der Waals surface area (Å²) in [7, 11) is 0. The molecule has 0 aromatic rings. The third kappa shape index (κ3) is 1.18. The maximum Gasteiger partial charge on any atom is 0.334 e. The lowest BCUT2D eigenvalue weighted by molar-refractivity contribution is -0.155. The summed E-state index contributed by atoms with van der Waals surface area (Å²) in [6.45, 7) is 2.63. The molecule has 80 valence electrons. The van der Waals surface area contributed by atoms with Crippen LogP contribution in [0.1, 0.15) is 13.8 Å². The molecule has 0 aromatic heterocycles. The second kappa shape index (κ2) is 3.21. The van der Waals surface area contributed by atoms with Crippen molar-refractivity contribution in [3.8, 4) is 0 Å². The predicted molar refractivity (Wildman–Crippen MR) is 45.4 cm³/mol. The van der Waals surface area contributed by atoms with Crippen LogP contribution in [0.25, 0.3) is 0 Å². The molecule has 4 N–H and O–H groups in total. The molecule has 0 aliphatic carbocycles. The van der Waals surface area contributed by atoms with E-state index >= 15 is 0 Å². The Bertz CT molecular complexity index is 277. The van der Waals surface area contributed by atoms with Crippen molar-refractivity contribution in [3.63, 3.8) is 0 Å². The Morgan fingerprint density at radius 3 is 2.29 bits per heavy atom. The largest absolute Gasteiger partial charge is 0.479 e. The van der Waals surface area contributed by atoms with Crippen LogP contribution in [-0.2, 0) is 9.59 Å². The van der Waals surface area contributed by atoms with E-state index in [1.165, 1.54) is 13.8 Å². The van der Waals surface area contributed by atoms with E-state index in [0.717, 1.165) is 0 Å². The zero-order chi connectivity index (χ0) is 11.1. The van der Waals surface area contributed by atoms with E-state index < -0.39 is 35.5 Å². The second-order valence-electron chi connectivity index (χ2n) is 3.57. The van der Waals surface area contributed by atoms with Crippen molar-refractivity contribution in [2.24, 2.45) is 5.92 Å². The van der Waals surface area contributed by atoms with Crippen molar-refractivity contribution in [3.05, 3.63) is 0 Å². The molecule has 1 fully saturated rings. The molecule has 0 aromatic carbocycles. The zero-order valence-corrected chi connectivity index (χ0v) is 7.89. The van der Waals surface area contributed by atoms with Crippen LogP contribution in [0.3, 0.4) is 0 Å². The minimum absolute atomic E-state index is 0.569. The molecular formula is C8H13NO5. The smallest absolute Gasteiger partial charge is 0.334 e. The number of aliphatic hydroxyl groups is 2. The van der Waals surface area contributed by atoms with Crippen LogP contribution in [0, 0.1) is 5.92 Å². The van der Waals surface area contributed by atoms with Gasteiger partial charge < -0.3 is 20.6 Å². The molecule has 1 saturated heterocycles. The van der Waals surface area contributed by atoms with E-state index in [9.17, 15) is 19.8 Å². The number of nitrogens with one attached hydrogen (secondary N) is 1. The van der Waals surface area contributed by atoms with E-state index in [1.54, 1.807) is 0 Å². The summed E-state index contributed by atoms with van der Waals surface area (Å²) in [4.78, 5) is 22.1. The van der Waals surface area contributed by atoms with E-state index in [-0.39, 0.29) is 0 Å². The number of carboxylic acids is 1. The van der Waals surface area contributed by atoms with Gasteiger partial charge in [-0.05, 0) is 6.92 Å². The highest BCUT2D eigenvalue weighted by atomic mass is 16.4. The number of carbonyl (C=O) groups excluding carboxylic acids is 1. The van der Waals surface area contributed by atoms with E-state index in [0.29, 0.717) is 0 Å². The number of carbonyl (C=O) groups is 2. The molecule has 1 aliphatic heterocycles. The number of aliphatic carboxylic acids is 1. The summed E-state index contributed by atoms with van der Waals surface area (Å²) >= 11 is 0. The SMILES string of the molecule is CC1C(=O)NC(C(=O)O)(C(C)O)C1O. The van der Waals surface area contributed by atoms with Gasteiger partial charge in [-0.1, -0.05) is 6.92 Å². The number of hydrogen-bond acceptors (Lipinski definition) is 4. The first-order valence-electron chi connectivity index (χ1n) is 4.25. The fourth-order valence-electron chi connectivity index (χ4n) is 1.64. The number of rotatable bonds is 2. The Hall–Kier alpha value is -1.14. The van der Waals surface area contributed by atoms with E-state index in [1.807, 2.05) is 0 Å². The summed E-state index contributed by atoms with van der Waals surface area (Å²) < 4.78 is 0. The van der Waals surface area contributed by atoms with Gasteiger partial charge in [0.1, 0.15) is 6.10 Å². The number of amides is 1. The van der Waals surface area contributed by atoms with Gasteiger partial charge in [-0.25, -0.2) is 4.79 Å². The van der Waals surface area contributed by atoms with Crippen LogP contribution in [0.15, 0.2) is 0 Å². The average molecular weight is 203 g/mol. The van der Waals surface area contributed by atoms with Crippen molar-refractivity contribution in [1.29, 1.82) is 0 Å². The monoisotopic (exact) mass is 203 g/mol. The molecule has 1 aliphatic rings. The maximum atomic E-state index is 11.2. The first-order chi connectivity index (χ1) is 6.34. The van der Waals surface area contributed by atoms with Crippen LogP contribution in [0.2, 0.25) is 0 Å². The predicted octanol–water partition coefficient (Wildman–Crippen LogP) is -1.68. The van der Waals surface area contributed by atoms with Gasteiger partial charge in [-0.15, -0.1) is 0 Å². The minimum atomic E-state index is -1.98. The summed E-state index contributed by atoms with van der Waals surface area (Å²) in [5, 5.41) is 30.0. The van der Waals surface area contributed by atoms with Crippen molar-refractivity contribution >= 4 is 11.9 Å². The van der Waals surface area contributed by atoms with Crippen molar-refractivity contribution < 1.29 is 24.9 Å². The quantitative estimate of drug-likeness (QED) is 0.428. The van der Waals surface area contributed by atoms with Crippen molar-refractivity contribution in [2.45, 2.75) is 31.6 Å². The molecule has 0 radical (unpaired) electrons. The molecule has 6 heteroatoms. The first kappa shape index (κ1) is 10.9. The van der Waals surface area contributed by atoms with Gasteiger partial charge in [-0.3, -0.25) is 4.79 Å². The standard InChI is InChI=1S/C8H13NO5/c1-3-5(11)8(4(2)10,7(13)14)9-6(3)12/h3-5,10-11H,1-2H3,(H,9,12)(H,13,14). The van der Waals surface area contributed by atoms with Crippen LogP contribution in [-0.4, -0.2) is 44.9 Å². The third-order valence-electron chi connectivity index (χ3n) is 2.70. The molecule has 0 spiro atoms. The number of aliphatic hydroxyl groups excluding tert-OH is 2. The van der Waals surface area contributed by atoms with Gasteiger partial charge >= 0.3 is 5.97 Å². The third-order valence-corrected chi connectivity index (χ3v) is 2.70. The molecule has 14 heavy (non-hydrogen) atoms. The van der Waals surface area contributed by atoms with Gasteiger partial charge in [0, 0.05) is 0 Å². The molecule has 4 unspecified atom stereocenters. The summed E-state index contributed by atoms with van der Waals surface area (Å²) in [6.07, 6.45) is -2.78. The van der Waals surface area contributed by atoms with Crippen LogP contribution >= 0.6 is 0 Å². The molecule has 1 amide bonds. The van der Waals surface area contributed by atoms with Crippen molar-refractivity contribution in [2.75, 3.05) is 0 Å². The molecule has 0 saturated carbocycles. The van der Waals surface area contributed by atoms with E-state index in [2.05, 4.69) is 5.32 Å². The van der Waals surface area contributed by atoms with Crippen LogP contribution in [0.4, 0.5) is 0 Å². The molecule has 1 heterocycles. The lowest BCUT2D eigenvalue weighted by Crippen LogP contribution is -2.62. The molecule has 1 rings (SSSR count). The fraction of sp³-hybridized carbons (Fsp3) is 0.750. The Kier molecular flexibility index (Phi) is 2.51. The second-order valence-corrected chi connectivity index (χ2v) is 3.57. The van der Waals surface area contributed by atoms with Gasteiger partial charge in [-0.2, -0.15) is 0 Å². The first-order valence-corrected chi connectivity index (χ1v) is 4.25. The lowest BCUT2D eigenvalue weighted by atomic mass is 9.85.